The molecule has 2 aromatic carbocycles. The summed E-state index contributed by atoms with van der Waals surface area (Å²) in [6.07, 6.45) is -0.0736. The molecule has 0 saturated carbocycles. The molecule has 0 aliphatic carbocycles. The number of rotatable bonds is 5. The third-order valence-corrected chi connectivity index (χ3v) is 4.54. The third-order valence-electron chi connectivity index (χ3n) is 3.87. The largest absolute Gasteiger partial charge is 0.497 e. The zero-order valence-corrected chi connectivity index (χ0v) is 15.4. The first kappa shape index (κ1) is 16.6. The van der Waals surface area contributed by atoms with E-state index < -0.39 is 5.97 Å². The SMILES string of the molecule is COc1ccc(OC)c(-c2[nH]c3ccc(I)cc3c2CC(=O)O)c1. The maximum absolute atomic E-state index is 11.4. The molecule has 1 aromatic heterocycles. The van der Waals surface area contributed by atoms with Crippen LogP contribution in [0, 0.1) is 3.57 Å². The Balaban J connectivity index is 2.31. The molecule has 0 bridgehead atoms. The Hall–Kier alpha value is -2.22. The molecule has 24 heavy (non-hydrogen) atoms. The summed E-state index contributed by atoms with van der Waals surface area (Å²) in [5.74, 6) is 0.460. The molecule has 0 atom stereocenters. The van der Waals surface area contributed by atoms with E-state index in [0.29, 0.717) is 11.5 Å². The van der Waals surface area contributed by atoms with Gasteiger partial charge >= 0.3 is 5.97 Å². The summed E-state index contributed by atoms with van der Waals surface area (Å²) < 4.78 is 11.8. The summed E-state index contributed by atoms with van der Waals surface area (Å²) in [5, 5.41) is 10.2. The first-order chi connectivity index (χ1) is 11.5. The van der Waals surface area contributed by atoms with E-state index in [-0.39, 0.29) is 6.42 Å². The summed E-state index contributed by atoms with van der Waals surface area (Å²) >= 11 is 2.22. The molecule has 3 rings (SSSR count). The van der Waals surface area contributed by atoms with Gasteiger partial charge in [-0.05, 0) is 64.6 Å². The van der Waals surface area contributed by atoms with E-state index in [4.69, 9.17) is 9.47 Å². The summed E-state index contributed by atoms with van der Waals surface area (Å²) in [6.45, 7) is 0. The number of fused-ring (bicyclic) bond motifs is 1. The summed E-state index contributed by atoms with van der Waals surface area (Å²) in [4.78, 5) is 14.7. The predicted molar refractivity (Wildman–Crippen MR) is 101 cm³/mol. The molecule has 5 nitrogen and oxygen atoms in total. The number of halogens is 1. The van der Waals surface area contributed by atoms with Gasteiger partial charge in [-0.15, -0.1) is 0 Å². The number of ether oxygens (including phenoxy) is 2. The van der Waals surface area contributed by atoms with Gasteiger partial charge in [0.1, 0.15) is 11.5 Å². The van der Waals surface area contributed by atoms with Crippen LogP contribution in [0.3, 0.4) is 0 Å². The average Bonchev–Trinajstić information content (AvgIpc) is 2.91. The molecule has 1 heterocycles. The van der Waals surface area contributed by atoms with E-state index in [1.165, 1.54) is 0 Å². The molecule has 0 spiro atoms. The van der Waals surface area contributed by atoms with E-state index >= 15 is 0 Å². The van der Waals surface area contributed by atoms with Crippen molar-refractivity contribution in [1.29, 1.82) is 0 Å². The van der Waals surface area contributed by atoms with Crippen LogP contribution in [-0.4, -0.2) is 30.3 Å². The molecule has 6 heteroatoms. The number of nitrogens with one attached hydrogen (secondary N) is 1. The van der Waals surface area contributed by atoms with Gasteiger partial charge in [0, 0.05) is 20.0 Å². The summed E-state index contributed by atoms with van der Waals surface area (Å²) in [6, 6.07) is 11.4. The number of aromatic amines is 1. The van der Waals surface area contributed by atoms with Crippen LogP contribution in [0.25, 0.3) is 22.2 Å². The maximum Gasteiger partial charge on any atom is 0.307 e. The number of methoxy groups -OCH3 is 2. The molecule has 0 radical (unpaired) electrons. The molecular formula is C18H16INO4. The lowest BCUT2D eigenvalue weighted by Crippen LogP contribution is -2.01. The molecule has 124 valence electrons. The van der Waals surface area contributed by atoms with Crippen molar-refractivity contribution >= 4 is 39.5 Å². The minimum absolute atomic E-state index is 0.0736. The van der Waals surface area contributed by atoms with Crippen molar-refractivity contribution in [2.75, 3.05) is 14.2 Å². The number of carbonyl (C=O) groups is 1. The molecule has 0 fully saturated rings. The highest BCUT2D eigenvalue weighted by Crippen LogP contribution is 2.38. The highest BCUT2D eigenvalue weighted by Gasteiger charge is 2.19. The quantitative estimate of drug-likeness (QED) is 0.591. The van der Waals surface area contributed by atoms with Crippen molar-refractivity contribution in [1.82, 2.24) is 4.98 Å². The van der Waals surface area contributed by atoms with Crippen LogP contribution in [-0.2, 0) is 11.2 Å². The molecule has 0 unspecified atom stereocenters. The monoisotopic (exact) mass is 437 g/mol. The first-order valence-corrected chi connectivity index (χ1v) is 8.35. The van der Waals surface area contributed by atoms with Gasteiger partial charge in [-0.25, -0.2) is 0 Å². The van der Waals surface area contributed by atoms with Crippen LogP contribution in [0.5, 0.6) is 11.5 Å². The topological polar surface area (TPSA) is 71.5 Å². The van der Waals surface area contributed by atoms with E-state index in [0.717, 1.165) is 31.3 Å². The smallest absolute Gasteiger partial charge is 0.307 e. The van der Waals surface area contributed by atoms with Crippen LogP contribution in [0.2, 0.25) is 0 Å². The number of aromatic nitrogens is 1. The fourth-order valence-corrected chi connectivity index (χ4v) is 3.29. The lowest BCUT2D eigenvalue weighted by Gasteiger charge is -2.11. The number of H-pyrrole nitrogens is 1. The molecule has 0 aliphatic rings. The van der Waals surface area contributed by atoms with Gasteiger partial charge in [-0.1, -0.05) is 0 Å². The van der Waals surface area contributed by atoms with Gasteiger partial charge in [0.15, 0.2) is 0 Å². The highest BCUT2D eigenvalue weighted by molar-refractivity contribution is 14.1. The minimum atomic E-state index is -0.877. The third kappa shape index (κ3) is 3.06. The van der Waals surface area contributed by atoms with E-state index in [2.05, 4.69) is 27.6 Å². The van der Waals surface area contributed by atoms with Gasteiger partial charge in [-0.3, -0.25) is 4.79 Å². The summed E-state index contributed by atoms with van der Waals surface area (Å²) in [5.41, 5.74) is 3.15. The first-order valence-electron chi connectivity index (χ1n) is 7.27. The molecule has 0 amide bonds. The molecular weight excluding hydrogens is 421 g/mol. The highest BCUT2D eigenvalue weighted by atomic mass is 127. The summed E-state index contributed by atoms with van der Waals surface area (Å²) in [7, 11) is 3.19. The molecule has 0 saturated heterocycles. The lowest BCUT2D eigenvalue weighted by molar-refractivity contribution is -0.136. The van der Waals surface area contributed by atoms with Crippen molar-refractivity contribution in [2.24, 2.45) is 0 Å². The van der Waals surface area contributed by atoms with E-state index in [1.54, 1.807) is 14.2 Å². The Labute approximate surface area is 152 Å². The van der Waals surface area contributed by atoms with Gasteiger partial charge in [-0.2, -0.15) is 0 Å². The predicted octanol–water partition coefficient (Wildman–Crippen LogP) is 4.08. The van der Waals surface area contributed by atoms with Crippen molar-refractivity contribution in [2.45, 2.75) is 6.42 Å². The number of hydrogen-bond acceptors (Lipinski definition) is 3. The zero-order valence-electron chi connectivity index (χ0n) is 13.2. The fourth-order valence-electron chi connectivity index (χ4n) is 2.79. The van der Waals surface area contributed by atoms with E-state index in [9.17, 15) is 9.90 Å². The fraction of sp³-hybridized carbons (Fsp3) is 0.167. The van der Waals surface area contributed by atoms with Crippen molar-refractivity contribution in [3.8, 4) is 22.8 Å². The second-order valence-corrected chi connectivity index (χ2v) is 6.55. The Morgan fingerprint density at radius 1 is 1.17 bits per heavy atom. The molecule has 2 N–H and O–H groups in total. The Kier molecular flexibility index (Phi) is 4.66. The van der Waals surface area contributed by atoms with Crippen LogP contribution >= 0.6 is 22.6 Å². The van der Waals surface area contributed by atoms with Crippen molar-refractivity contribution in [3.05, 3.63) is 45.5 Å². The van der Waals surface area contributed by atoms with Crippen molar-refractivity contribution < 1.29 is 19.4 Å². The van der Waals surface area contributed by atoms with Crippen LogP contribution in [0.15, 0.2) is 36.4 Å². The average molecular weight is 437 g/mol. The lowest BCUT2D eigenvalue weighted by atomic mass is 10.0. The number of aliphatic carboxylic acids is 1. The normalized spacial score (nSPS) is 10.8. The number of hydrogen-bond donors (Lipinski definition) is 2. The van der Waals surface area contributed by atoms with Crippen LogP contribution in [0.1, 0.15) is 5.56 Å². The van der Waals surface area contributed by atoms with Crippen LogP contribution in [0.4, 0.5) is 0 Å². The van der Waals surface area contributed by atoms with Gasteiger partial charge in [0.25, 0.3) is 0 Å². The van der Waals surface area contributed by atoms with Gasteiger partial charge < -0.3 is 19.6 Å². The Morgan fingerprint density at radius 3 is 2.62 bits per heavy atom. The van der Waals surface area contributed by atoms with Gasteiger partial charge in [0.2, 0.25) is 0 Å². The van der Waals surface area contributed by atoms with E-state index in [1.807, 2.05) is 36.4 Å². The second-order valence-electron chi connectivity index (χ2n) is 5.31. The maximum atomic E-state index is 11.4. The minimum Gasteiger partial charge on any atom is -0.497 e. The number of carboxylic acids is 1. The number of carboxylic acid groups (broad SMARTS) is 1. The van der Waals surface area contributed by atoms with Crippen LogP contribution < -0.4 is 9.47 Å². The standard InChI is InChI=1S/C18H16INO4/c1-23-11-4-6-16(24-2)14(8-11)18-13(9-17(21)22)12-7-10(19)3-5-15(12)20-18/h3-8,20H,9H2,1-2H3,(H,21,22). The molecule has 0 aliphatic heterocycles. The second kappa shape index (κ2) is 6.72. The molecule has 3 aromatic rings. The zero-order chi connectivity index (χ0) is 17.3. The van der Waals surface area contributed by atoms with Crippen molar-refractivity contribution in [3.63, 3.8) is 0 Å². The number of benzene rings is 2. The Morgan fingerprint density at radius 2 is 1.96 bits per heavy atom. The van der Waals surface area contributed by atoms with Gasteiger partial charge in [0.05, 0.1) is 26.3 Å². The Bertz CT molecular complexity index is 917.